The molecule has 6 aromatic rings. The van der Waals surface area contributed by atoms with Crippen LogP contribution < -0.4 is 5.23 Å². The van der Waals surface area contributed by atoms with Gasteiger partial charge in [-0.05, 0) is 75.8 Å². The van der Waals surface area contributed by atoms with Gasteiger partial charge < -0.3 is 43.7 Å². The second-order valence-corrected chi connectivity index (χ2v) is 20.0. The molecule has 0 bridgehead atoms. The molecule has 0 aliphatic carbocycles. The van der Waals surface area contributed by atoms with E-state index in [2.05, 4.69) is 5.23 Å². The van der Waals surface area contributed by atoms with E-state index in [1.54, 1.807) is 0 Å². The molecular weight excluding hydrogens is 1020 g/mol. The number of rotatable bonds is 23. The second kappa shape index (κ2) is 29.5. The molecule has 2 saturated heterocycles. The van der Waals surface area contributed by atoms with Crippen LogP contribution in [0.1, 0.15) is 50.8 Å². The number of cyclic esters (lactones) is 4. The Hall–Kier alpha value is -8.50. The van der Waals surface area contributed by atoms with Gasteiger partial charge in [-0.15, -0.1) is 0 Å². The van der Waals surface area contributed by atoms with Crippen molar-refractivity contribution in [3.05, 3.63) is 180 Å². The molecule has 0 saturated carbocycles. The Labute approximate surface area is 467 Å². The number of esters is 4. The molecule has 6 aromatic carbocycles. The zero-order valence-corrected chi connectivity index (χ0v) is 44.9. The first-order chi connectivity index (χ1) is 38.4. The van der Waals surface area contributed by atoms with E-state index in [0.29, 0.717) is 31.4 Å². The quantitative estimate of drug-likeness (QED) is 0.0267. The van der Waals surface area contributed by atoms with E-state index in [4.69, 9.17) is 24.1 Å². The maximum absolute atomic E-state index is 13.0. The van der Waals surface area contributed by atoms with E-state index in [-0.39, 0.29) is 31.5 Å². The Bertz CT molecular complexity index is 3010. The lowest BCUT2D eigenvalue weighted by Gasteiger charge is -2.34. The monoisotopic (exact) mass is 1080 g/mol. The summed E-state index contributed by atoms with van der Waals surface area (Å²) in [5.41, 5.74) is 9.38. The Morgan fingerprint density at radius 1 is 0.487 bits per heavy atom. The van der Waals surface area contributed by atoms with Crippen molar-refractivity contribution in [3.63, 3.8) is 0 Å². The van der Waals surface area contributed by atoms with Gasteiger partial charge in [-0.3, -0.25) is 28.8 Å². The van der Waals surface area contributed by atoms with Crippen LogP contribution >= 0.6 is 0 Å². The second-order valence-electron chi connectivity index (χ2n) is 20.0. The number of ether oxygens (including phenoxy) is 4. The fourth-order valence-electron chi connectivity index (χ4n) is 9.05. The molecule has 0 unspecified atom stereocenters. The topological polar surface area (TPSA) is 223 Å². The maximum Gasteiger partial charge on any atom is 0.331 e. The Morgan fingerprint density at radius 3 is 1.19 bits per heavy atom. The van der Waals surface area contributed by atoms with Gasteiger partial charge in [-0.2, -0.15) is 0 Å². The number of hydrogen-bond acceptors (Lipinski definition) is 14. The minimum atomic E-state index is -1.63. The van der Waals surface area contributed by atoms with Gasteiger partial charge in [-0.1, -0.05) is 176 Å². The average molecular weight is 1080 g/mol. The van der Waals surface area contributed by atoms with Gasteiger partial charge in [-0.25, -0.2) is 0 Å². The first-order valence-electron chi connectivity index (χ1n) is 26.1. The number of ketones is 1. The first kappa shape index (κ1) is 60.7. The molecule has 3 radical (unpaired) electrons. The molecule has 15 nitrogen and oxygen atoms in total. The minimum Gasteiger partial charge on any atom is -0.481 e. The molecule has 8 rings (SSSR count). The summed E-state index contributed by atoms with van der Waals surface area (Å²) >= 11 is 0. The van der Waals surface area contributed by atoms with Gasteiger partial charge >= 0.3 is 29.8 Å². The minimum absolute atomic E-state index is 0.114. The highest BCUT2D eigenvalue weighted by atomic mass is 16.8. The molecule has 18 heteroatoms. The molecule has 0 amide bonds. The highest BCUT2D eigenvalue weighted by molar-refractivity contribution is 6.67. The van der Waals surface area contributed by atoms with E-state index in [1.165, 1.54) is 49.7 Å². The van der Waals surface area contributed by atoms with Gasteiger partial charge in [0, 0.05) is 39.7 Å². The number of hydrogen-bond donors (Lipinski definition) is 2. The third-order valence-corrected chi connectivity index (χ3v) is 13.0. The first-order valence-corrected chi connectivity index (χ1v) is 26.1. The van der Waals surface area contributed by atoms with Crippen LogP contribution in [-0.2, 0) is 81.4 Å². The van der Waals surface area contributed by atoms with Crippen LogP contribution in [0, 0.1) is 23.7 Å². The van der Waals surface area contributed by atoms with Gasteiger partial charge in [0.25, 0.3) is 19.0 Å². The Morgan fingerprint density at radius 2 is 0.825 bits per heavy atom. The summed E-state index contributed by atoms with van der Waals surface area (Å²) in [6.45, 7) is 5.89. The van der Waals surface area contributed by atoms with Gasteiger partial charge in [0.2, 0.25) is 5.92 Å². The van der Waals surface area contributed by atoms with Crippen LogP contribution in [0.15, 0.2) is 164 Å². The SMILES string of the molecule is CC1(C)OC(=O)C(C(=O)[C@H](C[B]C=O)Cc2ccc(-c3ccccc3)cc2)C(=O)O1.CC1(C)OC(=O)C(C[C@@H](Cc2ccc(-c3ccccc3)cc2)N[B]C=O)C(=O)O1.O=C[B]C[C@H](Cc1ccc(-c2ccccc2)cc1)C(=O)O. The predicted molar refractivity (Wildman–Crippen MR) is 305 cm³/mol. The molecule has 2 fully saturated rings. The number of carbonyl (C=O) groups excluding carboxylic acids is 8. The summed E-state index contributed by atoms with van der Waals surface area (Å²) in [6, 6.07) is 53.2. The third-order valence-electron chi connectivity index (χ3n) is 13.0. The van der Waals surface area contributed by atoms with Gasteiger partial charge in [0.1, 0.15) is 0 Å². The highest BCUT2D eigenvalue weighted by Gasteiger charge is 2.49. The van der Waals surface area contributed by atoms with Crippen molar-refractivity contribution in [2.75, 3.05) is 0 Å². The largest absolute Gasteiger partial charge is 0.481 e. The average Bonchev–Trinajstić information content (AvgIpc) is 3.50. The smallest absolute Gasteiger partial charge is 0.331 e. The van der Waals surface area contributed by atoms with E-state index in [9.17, 15) is 43.2 Å². The predicted octanol–water partition coefficient (Wildman–Crippen LogP) is 8.26. The number of carboxylic acids is 1. The van der Waals surface area contributed by atoms with E-state index in [1.807, 2.05) is 164 Å². The van der Waals surface area contributed by atoms with E-state index in [0.717, 1.165) is 50.1 Å². The van der Waals surface area contributed by atoms with Crippen LogP contribution in [0.3, 0.4) is 0 Å². The Kier molecular flexibility index (Phi) is 22.4. The molecular formula is C62H61B3NO14. The fourth-order valence-corrected chi connectivity index (χ4v) is 9.05. The summed E-state index contributed by atoms with van der Waals surface area (Å²) in [5, 5.41) is 12.1. The van der Waals surface area contributed by atoms with Gasteiger partial charge in [0.15, 0.2) is 26.3 Å². The zero-order chi connectivity index (χ0) is 57.7. The lowest BCUT2D eigenvalue weighted by molar-refractivity contribution is -0.241. The van der Waals surface area contributed by atoms with Gasteiger partial charge in [0.05, 0.1) is 24.5 Å². The molecule has 0 aromatic heterocycles. The van der Waals surface area contributed by atoms with Crippen LogP contribution in [0.4, 0.5) is 0 Å². The van der Waals surface area contributed by atoms with Crippen LogP contribution in [-0.4, -0.2) is 98.9 Å². The van der Waals surface area contributed by atoms with E-state index >= 15 is 0 Å². The fraction of sp³-hybridized carbons (Fsp3) is 0.274. The zero-order valence-electron chi connectivity index (χ0n) is 44.9. The standard InChI is InChI=1S/C23H22BO6.C22H23BNO5.C17H16BO3/c1-23(2)29-21(27)19(22(28)30-23)20(26)18(13-24-14-25)12-15-8-10-17(11-9-15)16-6-4-3-5-7-16;1-22(2)28-20(26)19(21(27)29-22)13-18(24-23-14-25)12-15-8-10-17(11-9-15)16-6-4-3-5-7-16;19-12-18-11-16(17(20)21)10-13-6-8-15(9-7-13)14-4-2-1-3-5-14/h3-11,14,18-19H,12-13H2,1-2H3;3-11,14,18-19,24H,12-13H2,1-2H3;1-9,12,16H,10-11H2,(H,20,21)/t2*18-;16-/m010/s1. The number of aliphatic carboxylic acids is 1. The maximum atomic E-state index is 13.0. The number of carbonyl (C=O) groups is 9. The number of carboxylic acid groups (broad SMARTS) is 1. The molecule has 2 heterocycles. The van der Waals surface area contributed by atoms with Crippen molar-refractivity contribution in [1.82, 2.24) is 5.23 Å². The van der Waals surface area contributed by atoms with E-state index < -0.39 is 70.9 Å². The number of nitrogens with one attached hydrogen (secondary N) is 1. The normalized spacial score (nSPS) is 15.6. The third kappa shape index (κ3) is 18.3. The van der Waals surface area contributed by atoms with Crippen LogP contribution in [0.2, 0.25) is 12.6 Å². The van der Waals surface area contributed by atoms with Crippen molar-refractivity contribution >= 4 is 76.2 Å². The molecule has 407 valence electrons. The molecule has 2 N–H and O–H groups in total. The molecule has 2 aliphatic heterocycles. The summed E-state index contributed by atoms with van der Waals surface area (Å²) < 4.78 is 20.5. The van der Waals surface area contributed by atoms with Crippen molar-refractivity contribution < 1.29 is 67.2 Å². The van der Waals surface area contributed by atoms with Crippen molar-refractivity contribution in [3.8, 4) is 33.4 Å². The van der Waals surface area contributed by atoms with Crippen LogP contribution in [0.25, 0.3) is 33.4 Å². The number of Topliss-reactive ketones (excluding diaryl/α,β-unsaturated/α-hetero) is 1. The Balaban J connectivity index is 0.000000197. The van der Waals surface area contributed by atoms with Crippen LogP contribution in [0.5, 0.6) is 0 Å². The summed E-state index contributed by atoms with van der Waals surface area (Å²) in [5.74, 6) is -11.1. The summed E-state index contributed by atoms with van der Waals surface area (Å²) in [4.78, 5) is 105. The molecule has 0 spiro atoms. The lowest BCUT2D eigenvalue weighted by Crippen LogP contribution is -2.50. The molecule has 3 atom stereocenters. The molecule has 80 heavy (non-hydrogen) atoms. The summed E-state index contributed by atoms with van der Waals surface area (Å²) in [6.07, 6.45) is 3.65. The van der Waals surface area contributed by atoms with Crippen molar-refractivity contribution in [1.29, 1.82) is 0 Å². The van der Waals surface area contributed by atoms with Crippen molar-refractivity contribution in [2.45, 2.75) is 83.6 Å². The highest BCUT2D eigenvalue weighted by Crippen LogP contribution is 2.30. The van der Waals surface area contributed by atoms with Crippen molar-refractivity contribution in [2.24, 2.45) is 23.7 Å². The lowest BCUT2D eigenvalue weighted by atomic mass is 9.67. The molecule has 2 aliphatic rings. The number of benzene rings is 6. The summed E-state index contributed by atoms with van der Waals surface area (Å²) in [7, 11) is 3.94.